The molecule has 49 heavy (non-hydrogen) atoms. The van der Waals surface area contributed by atoms with Gasteiger partial charge in [-0.2, -0.15) is 0 Å². The summed E-state index contributed by atoms with van der Waals surface area (Å²) >= 11 is 0. The Hall–Kier alpha value is -6.01. The molecule has 0 saturated carbocycles. The highest BCUT2D eigenvalue weighted by molar-refractivity contribution is 6.17. The first-order chi connectivity index (χ1) is 24.3. The number of benzene rings is 4. The summed E-state index contributed by atoms with van der Waals surface area (Å²) in [6.07, 6.45) is 21.6. The van der Waals surface area contributed by atoms with Gasteiger partial charge in [0.2, 0.25) is 0 Å². The zero-order valence-corrected chi connectivity index (χ0v) is 26.9. The first-order valence-corrected chi connectivity index (χ1v) is 17.1. The van der Waals surface area contributed by atoms with Crippen molar-refractivity contribution in [2.24, 2.45) is 0 Å². The van der Waals surface area contributed by atoms with Gasteiger partial charge >= 0.3 is 0 Å². The van der Waals surface area contributed by atoms with Crippen LogP contribution in [0, 0.1) is 0 Å². The molecular formula is C43H32N4O2. The summed E-state index contributed by atoms with van der Waals surface area (Å²) in [5, 5.41) is 2.20. The Morgan fingerprint density at radius 2 is 1.43 bits per heavy atom. The summed E-state index contributed by atoms with van der Waals surface area (Å²) in [6.45, 7) is 0. The standard InChI is InChI=1S/C43H32N4O2/c1-3-13-28(14-4-1)41-44-42(29-15-5-2-6-16-29)46-43(45-41)30-17-11-18-31(26-30)47-34-24-25-37-40(49-36-21-10-9-20-35(36)48-37)38(34)33-23-22-27-12-7-8-19-32(27)39(33)47/h1,3-5,8-10,13-16,18-26H,2,6-7,11-12,17H2. The molecule has 0 amide bonds. The highest BCUT2D eigenvalue weighted by Crippen LogP contribution is 2.52. The van der Waals surface area contributed by atoms with E-state index in [-0.39, 0.29) is 0 Å². The van der Waals surface area contributed by atoms with Crippen LogP contribution in [0.25, 0.3) is 56.1 Å². The second kappa shape index (κ2) is 11.3. The van der Waals surface area contributed by atoms with E-state index in [0.717, 1.165) is 112 Å². The Bertz CT molecular complexity index is 2500. The van der Waals surface area contributed by atoms with Crippen LogP contribution in [-0.2, 0) is 6.42 Å². The third-order valence-corrected chi connectivity index (χ3v) is 9.84. The van der Waals surface area contributed by atoms with Crippen molar-refractivity contribution in [2.45, 2.75) is 38.5 Å². The van der Waals surface area contributed by atoms with Gasteiger partial charge in [-0.15, -0.1) is 0 Å². The molecule has 0 N–H and O–H groups in total. The van der Waals surface area contributed by atoms with E-state index in [2.05, 4.69) is 77.4 Å². The fraction of sp³-hybridized carbons (Fsp3) is 0.140. The van der Waals surface area contributed by atoms with Crippen LogP contribution in [-0.4, -0.2) is 19.5 Å². The molecule has 4 aliphatic rings. The number of aromatic nitrogens is 4. The third-order valence-electron chi connectivity index (χ3n) is 9.84. The average molecular weight is 637 g/mol. The van der Waals surface area contributed by atoms with Crippen molar-refractivity contribution in [2.75, 3.05) is 0 Å². The number of nitrogens with zero attached hydrogens (tertiary/aromatic N) is 4. The van der Waals surface area contributed by atoms with Crippen LogP contribution in [0.5, 0.6) is 23.0 Å². The molecule has 0 radical (unpaired) electrons. The Morgan fingerprint density at radius 3 is 2.31 bits per heavy atom. The number of hydrogen-bond acceptors (Lipinski definition) is 5. The molecular weight excluding hydrogens is 604 g/mol. The van der Waals surface area contributed by atoms with E-state index in [1.807, 2.05) is 48.5 Å². The molecule has 6 nitrogen and oxygen atoms in total. The van der Waals surface area contributed by atoms with Crippen LogP contribution in [0.1, 0.15) is 54.9 Å². The molecule has 4 aromatic carbocycles. The second-order valence-corrected chi connectivity index (χ2v) is 12.9. The molecule has 236 valence electrons. The molecule has 3 aliphatic carbocycles. The van der Waals surface area contributed by atoms with Crippen molar-refractivity contribution in [3.8, 4) is 34.4 Å². The number of hydrogen-bond donors (Lipinski definition) is 0. The number of ether oxygens (including phenoxy) is 2. The molecule has 0 fully saturated rings. The van der Waals surface area contributed by atoms with Crippen LogP contribution < -0.4 is 9.47 Å². The Labute approximate surface area is 284 Å². The van der Waals surface area contributed by atoms with Crippen molar-refractivity contribution >= 4 is 44.7 Å². The van der Waals surface area contributed by atoms with Gasteiger partial charge in [0.05, 0.1) is 16.4 Å². The fourth-order valence-corrected chi connectivity index (χ4v) is 7.52. The fourth-order valence-electron chi connectivity index (χ4n) is 7.52. The topological polar surface area (TPSA) is 62.1 Å². The van der Waals surface area contributed by atoms with Gasteiger partial charge in [0.1, 0.15) is 0 Å². The number of fused-ring (bicyclic) bond motifs is 8. The number of allylic oxidation sites excluding steroid dienone is 9. The highest BCUT2D eigenvalue weighted by Gasteiger charge is 2.28. The summed E-state index contributed by atoms with van der Waals surface area (Å²) in [5.74, 6) is 5.07. The summed E-state index contributed by atoms with van der Waals surface area (Å²) in [6, 6.07) is 26.8. The minimum atomic E-state index is 0.692. The Balaban J connectivity index is 1.18. The third kappa shape index (κ3) is 4.66. The molecule has 6 aromatic rings. The summed E-state index contributed by atoms with van der Waals surface area (Å²) in [7, 11) is 0. The van der Waals surface area contributed by atoms with E-state index in [1.165, 1.54) is 16.6 Å². The minimum Gasteiger partial charge on any atom is -0.449 e. The number of rotatable bonds is 4. The maximum Gasteiger partial charge on any atom is 0.180 e. The van der Waals surface area contributed by atoms with E-state index >= 15 is 0 Å². The van der Waals surface area contributed by atoms with Crippen LogP contribution in [0.4, 0.5) is 0 Å². The van der Waals surface area contributed by atoms with Crippen molar-refractivity contribution in [3.05, 3.63) is 138 Å². The van der Waals surface area contributed by atoms with Gasteiger partial charge < -0.3 is 14.0 Å². The van der Waals surface area contributed by atoms with Crippen LogP contribution in [0.15, 0.2) is 115 Å². The Kier molecular flexibility index (Phi) is 6.47. The van der Waals surface area contributed by atoms with Crippen LogP contribution >= 0.6 is 0 Å². The van der Waals surface area contributed by atoms with Gasteiger partial charge in [-0.1, -0.05) is 91.1 Å². The molecule has 0 unspecified atom stereocenters. The first kappa shape index (κ1) is 28.0. The van der Waals surface area contributed by atoms with Gasteiger partial charge in [-0.3, -0.25) is 0 Å². The van der Waals surface area contributed by atoms with Gasteiger partial charge in [-0.05, 0) is 80.0 Å². The largest absolute Gasteiger partial charge is 0.449 e. The van der Waals surface area contributed by atoms with E-state index in [4.69, 9.17) is 24.4 Å². The lowest BCUT2D eigenvalue weighted by molar-refractivity contribution is 0.363. The average Bonchev–Trinajstić information content (AvgIpc) is 3.53. The van der Waals surface area contributed by atoms with Gasteiger partial charge in [0.25, 0.3) is 0 Å². The zero-order valence-electron chi connectivity index (χ0n) is 26.9. The maximum atomic E-state index is 6.63. The quantitative estimate of drug-likeness (QED) is 0.192. The zero-order chi connectivity index (χ0) is 32.3. The van der Waals surface area contributed by atoms with E-state index in [0.29, 0.717) is 5.82 Å². The summed E-state index contributed by atoms with van der Waals surface area (Å²) in [5.41, 5.74) is 9.11. The molecule has 1 aliphatic heterocycles. The van der Waals surface area contributed by atoms with Crippen molar-refractivity contribution in [3.63, 3.8) is 0 Å². The monoisotopic (exact) mass is 636 g/mol. The molecule has 3 heterocycles. The maximum absolute atomic E-state index is 6.63. The lowest BCUT2D eigenvalue weighted by atomic mass is 9.94. The lowest BCUT2D eigenvalue weighted by Crippen LogP contribution is -2.08. The normalized spacial score (nSPS) is 16.2. The second-order valence-electron chi connectivity index (χ2n) is 12.9. The van der Waals surface area contributed by atoms with E-state index < -0.39 is 0 Å². The predicted octanol–water partition coefficient (Wildman–Crippen LogP) is 11.0. The molecule has 2 aromatic heterocycles. The van der Waals surface area contributed by atoms with Crippen molar-refractivity contribution < 1.29 is 9.47 Å². The highest BCUT2D eigenvalue weighted by atomic mass is 16.6. The van der Waals surface area contributed by atoms with Gasteiger partial charge in [0.15, 0.2) is 40.5 Å². The minimum absolute atomic E-state index is 0.692. The van der Waals surface area contributed by atoms with Crippen LogP contribution in [0.3, 0.4) is 0 Å². The molecule has 0 spiro atoms. The van der Waals surface area contributed by atoms with Crippen LogP contribution in [0.2, 0.25) is 0 Å². The predicted molar refractivity (Wildman–Crippen MR) is 196 cm³/mol. The first-order valence-electron chi connectivity index (χ1n) is 17.1. The molecule has 0 saturated heterocycles. The number of para-hydroxylation sites is 2. The van der Waals surface area contributed by atoms with Crippen molar-refractivity contribution in [1.29, 1.82) is 0 Å². The summed E-state index contributed by atoms with van der Waals surface area (Å²) in [4.78, 5) is 15.1. The molecule has 6 heteroatoms. The SMILES string of the molecule is C1=CC(c2nc(C3=CC(n4c5ccc6c(c5c5ccc7c(c54)C=CCC7)Oc4ccccc4O6)=CCC3)nc(-c3ccccc3)n2)=CCC1. The lowest BCUT2D eigenvalue weighted by Gasteiger charge is -2.21. The summed E-state index contributed by atoms with van der Waals surface area (Å²) < 4.78 is 15.4. The van der Waals surface area contributed by atoms with Gasteiger partial charge in [0, 0.05) is 27.8 Å². The van der Waals surface area contributed by atoms with E-state index in [9.17, 15) is 0 Å². The molecule has 0 bridgehead atoms. The number of aryl methyl sites for hydroxylation is 1. The smallest absolute Gasteiger partial charge is 0.180 e. The molecule has 0 atom stereocenters. The molecule has 10 rings (SSSR count). The Morgan fingerprint density at radius 1 is 0.612 bits per heavy atom. The van der Waals surface area contributed by atoms with Gasteiger partial charge in [-0.25, -0.2) is 15.0 Å². The van der Waals surface area contributed by atoms with Crippen molar-refractivity contribution in [1.82, 2.24) is 19.5 Å². The van der Waals surface area contributed by atoms with E-state index in [1.54, 1.807) is 0 Å².